The fourth-order valence-corrected chi connectivity index (χ4v) is 6.13. The Labute approximate surface area is 187 Å². The highest BCUT2D eigenvalue weighted by Gasteiger charge is 2.41. The van der Waals surface area contributed by atoms with Crippen LogP contribution >= 0.6 is 19.2 Å². The summed E-state index contributed by atoms with van der Waals surface area (Å²) in [4.78, 5) is 0. The van der Waals surface area contributed by atoms with Gasteiger partial charge in [0.1, 0.15) is 5.66 Å². The molecule has 1 unspecified atom stereocenters. The first-order valence-corrected chi connectivity index (χ1v) is 12.2. The minimum Gasteiger partial charge on any atom is -0.308 e. The Balaban J connectivity index is 2.08. The first kappa shape index (κ1) is 21.8. The third-order valence-corrected chi connectivity index (χ3v) is 7.63. The molecule has 160 valence electrons. The van der Waals surface area contributed by atoms with Crippen LogP contribution < -0.4 is 0 Å². The van der Waals surface area contributed by atoms with E-state index in [2.05, 4.69) is 0 Å². The van der Waals surface area contributed by atoms with Gasteiger partial charge in [0.25, 0.3) is 0 Å². The zero-order chi connectivity index (χ0) is 21.8. The molecule has 3 aromatic carbocycles. The van der Waals surface area contributed by atoms with Crippen molar-refractivity contribution in [3.8, 4) is 5.69 Å². The third-order valence-electron chi connectivity index (χ3n) is 4.98. The Bertz CT molecular complexity index is 1200. The van der Waals surface area contributed by atoms with Gasteiger partial charge in [-0.25, -0.2) is 4.68 Å². The van der Waals surface area contributed by atoms with Crippen LogP contribution in [0.25, 0.3) is 16.6 Å². The SMILES string of the molecule is CCOP(=O)(OCC)C(c1ccccc1)c1c2cc(Cl)ccc2nn1-c1ccccc1. The van der Waals surface area contributed by atoms with Gasteiger partial charge in [0, 0.05) is 10.4 Å². The van der Waals surface area contributed by atoms with E-state index in [0.29, 0.717) is 5.02 Å². The maximum atomic E-state index is 14.2. The number of rotatable bonds is 8. The standard InChI is InChI=1S/C24H24ClN2O3P/c1-3-29-31(28,30-4-2)24(18-11-7-5-8-12-18)23-21-17-19(25)15-16-22(21)26-27(23)20-13-9-6-10-14-20/h5-17,24H,3-4H2,1-2H3. The quantitative estimate of drug-likeness (QED) is 0.268. The predicted molar refractivity (Wildman–Crippen MR) is 125 cm³/mol. The average molecular weight is 455 g/mol. The molecule has 1 heterocycles. The molecule has 0 aliphatic carbocycles. The highest BCUT2D eigenvalue weighted by atomic mass is 35.5. The topological polar surface area (TPSA) is 53.4 Å². The van der Waals surface area contributed by atoms with Crippen LogP contribution in [0.4, 0.5) is 0 Å². The van der Waals surface area contributed by atoms with Gasteiger partial charge in [-0.2, -0.15) is 5.10 Å². The van der Waals surface area contributed by atoms with Gasteiger partial charge in [-0.1, -0.05) is 60.1 Å². The van der Waals surface area contributed by atoms with Gasteiger partial charge in [-0.05, 0) is 49.7 Å². The summed E-state index contributed by atoms with van der Waals surface area (Å²) in [5.74, 6) is 0. The molecule has 4 aromatic rings. The zero-order valence-corrected chi connectivity index (χ0v) is 19.1. The van der Waals surface area contributed by atoms with Crippen molar-refractivity contribution < 1.29 is 13.6 Å². The van der Waals surface area contributed by atoms with Crippen molar-refractivity contribution in [2.75, 3.05) is 13.2 Å². The van der Waals surface area contributed by atoms with Crippen LogP contribution in [0.3, 0.4) is 0 Å². The molecule has 0 bridgehead atoms. The van der Waals surface area contributed by atoms with Crippen molar-refractivity contribution in [3.05, 3.63) is 95.1 Å². The second-order valence-corrected chi connectivity index (χ2v) is 9.53. The molecular weight excluding hydrogens is 431 g/mol. The summed E-state index contributed by atoms with van der Waals surface area (Å²) in [5.41, 5.74) is 2.47. The van der Waals surface area contributed by atoms with E-state index in [1.54, 1.807) is 6.07 Å². The van der Waals surface area contributed by atoms with E-state index in [9.17, 15) is 4.57 Å². The van der Waals surface area contributed by atoms with Crippen LogP contribution in [-0.4, -0.2) is 23.0 Å². The molecule has 0 saturated carbocycles. The number of para-hydroxylation sites is 1. The van der Waals surface area contributed by atoms with E-state index >= 15 is 0 Å². The summed E-state index contributed by atoms with van der Waals surface area (Å²) in [6.45, 7) is 4.16. The monoisotopic (exact) mass is 454 g/mol. The first-order valence-electron chi connectivity index (χ1n) is 10.2. The van der Waals surface area contributed by atoms with Gasteiger partial charge in [-0.3, -0.25) is 4.57 Å². The molecule has 0 radical (unpaired) electrons. The molecule has 5 nitrogen and oxygen atoms in total. The minimum atomic E-state index is -3.61. The Morgan fingerprint density at radius 2 is 1.55 bits per heavy atom. The number of nitrogens with zero attached hydrogens (tertiary/aromatic N) is 2. The number of fused-ring (bicyclic) bond motifs is 1. The van der Waals surface area contributed by atoms with Crippen LogP contribution in [0.2, 0.25) is 5.02 Å². The second kappa shape index (κ2) is 9.37. The fourth-order valence-electron chi connectivity index (χ4n) is 3.78. The zero-order valence-electron chi connectivity index (χ0n) is 17.4. The largest absolute Gasteiger partial charge is 0.344 e. The lowest BCUT2D eigenvalue weighted by Crippen LogP contribution is -2.13. The van der Waals surface area contributed by atoms with Crippen LogP contribution in [0.5, 0.6) is 0 Å². The predicted octanol–water partition coefficient (Wildman–Crippen LogP) is 7.03. The van der Waals surface area contributed by atoms with Gasteiger partial charge in [-0.15, -0.1) is 0 Å². The molecule has 0 aliphatic heterocycles. The van der Waals surface area contributed by atoms with Gasteiger partial charge in [0.15, 0.2) is 0 Å². The molecule has 31 heavy (non-hydrogen) atoms. The number of hydrogen-bond acceptors (Lipinski definition) is 4. The summed E-state index contributed by atoms with van der Waals surface area (Å²) in [6, 6.07) is 24.9. The van der Waals surface area contributed by atoms with Crippen molar-refractivity contribution >= 4 is 30.1 Å². The summed E-state index contributed by atoms with van der Waals surface area (Å²) in [5, 5.41) is 6.22. The smallest absolute Gasteiger partial charge is 0.308 e. The lowest BCUT2D eigenvalue weighted by molar-refractivity contribution is 0.214. The summed E-state index contributed by atoms with van der Waals surface area (Å²) >= 11 is 6.36. The molecule has 4 rings (SSSR count). The van der Waals surface area contributed by atoms with E-state index in [1.165, 1.54) is 0 Å². The van der Waals surface area contributed by atoms with Gasteiger partial charge < -0.3 is 9.05 Å². The van der Waals surface area contributed by atoms with Crippen molar-refractivity contribution in [2.45, 2.75) is 19.5 Å². The molecule has 0 N–H and O–H groups in total. The molecule has 1 atom stereocenters. The fraction of sp³-hybridized carbons (Fsp3) is 0.208. The highest BCUT2D eigenvalue weighted by Crippen LogP contribution is 2.64. The Kier molecular flexibility index (Phi) is 6.59. The average Bonchev–Trinajstić information content (AvgIpc) is 3.14. The van der Waals surface area contributed by atoms with Gasteiger partial charge >= 0.3 is 7.60 Å². The van der Waals surface area contributed by atoms with Gasteiger partial charge in [0.05, 0.1) is 30.1 Å². The first-order chi connectivity index (χ1) is 15.1. The maximum absolute atomic E-state index is 14.2. The van der Waals surface area contributed by atoms with Crippen molar-refractivity contribution in [1.29, 1.82) is 0 Å². The molecule has 0 fully saturated rings. The van der Waals surface area contributed by atoms with E-state index in [4.69, 9.17) is 25.7 Å². The summed E-state index contributed by atoms with van der Waals surface area (Å²) in [7, 11) is -3.61. The molecule has 0 aliphatic rings. The Hall–Kier alpha value is -2.43. The summed E-state index contributed by atoms with van der Waals surface area (Å²) < 4.78 is 27.7. The summed E-state index contributed by atoms with van der Waals surface area (Å²) in [6.07, 6.45) is 0. The normalized spacial score (nSPS) is 12.9. The minimum absolute atomic E-state index is 0.263. The van der Waals surface area contributed by atoms with E-state index in [-0.39, 0.29) is 13.2 Å². The van der Waals surface area contributed by atoms with Crippen LogP contribution in [0.1, 0.15) is 30.8 Å². The maximum Gasteiger partial charge on any atom is 0.344 e. The third kappa shape index (κ3) is 4.32. The van der Waals surface area contributed by atoms with Crippen molar-refractivity contribution in [2.24, 2.45) is 0 Å². The van der Waals surface area contributed by atoms with E-state index in [1.807, 2.05) is 91.3 Å². The van der Waals surface area contributed by atoms with Crippen molar-refractivity contribution in [1.82, 2.24) is 9.78 Å². The second-order valence-electron chi connectivity index (χ2n) is 6.98. The molecule has 0 saturated heterocycles. The van der Waals surface area contributed by atoms with Crippen LogP contribution in [-0.2, 0) is 13.6 Å². The molecule has 7 heteroatoms. The molecule has 0 spiro atoms. The van der Waals surface area contributed by atoms with E-state index < -0.39 is 13.3 Å². The molecule has 0 amide bonds. The lowest BCUT2D eigenvalue weighted by Gasteiger charge is -2.27. The molecule has 1 aromatic heterocycles. The van der Waals surface area contributed by atoms with Crippen LogP contribution in [0, 0.1) is 0 Å². The van der Waals surface area contributed by atoms with Crippen LogP contribution in [0.15, 0.2) is 78.9 Å². The van der Waals surface area contributed by atoms with Crippen molar-refractivity contribution in [3.63, 3.8) is 0 Å². The molecular formula is C24H24ClN2O3P. The highest BCUT2D eigenvalue weighted by molar-refractivity contribution is 7.54. The number of halogens is 1. The Morgan fingerprint density at radius 3 is 2.16 bits per heavy atom. The number of benzene rings is 3. The van der Waals surface area contributed by atoms with Gasteiger partial charge in [0.2, 0.25) is 0 Å². The number of aromatic nitrogens is 2. The van der Waals surface area contributed by atoms with E-state index in [0.717, 1.165) is 27.8 Å². The number of hydrogen-bond donors (Lipinski definition) is 0. The lowest BCUT2D eigenvalue weighted by atomic mass is 10.1. The Morgan fingerprint density at radius 1 is 0.935 bits per heavy atom.